The van der Waals surface area contributed by atoms with E-state index in [2.05, 4.69) is 67.0 Å². The Morgan fingerprint density at radius 2 is 0.985 bits per heavy atom. The van der Waals surface area contributed by atoms with Crippen LogP contribution in [0.25, 0.3) is 0 Å². The van der Waals surface area contributed by atoms with Crippen LogP contribution in [0.1, 0.15) is 136 Å². The third-order valence-corrected chi connectivity index (χ3v) is 11.6. The van der Waals surface area contributed by atoms with Gasteiger partial charge in [-0.1, -0.05) is 131 Å². The van der Waals surface area contributed by atoms with E-state index >= 15 is 0 Å². The van der Waals surface area contributed by atoms with Gasteiger partial charge in [0, 0.05) is 19.3 Å². The first kappa shape index (κ1) is 62.6. The highest BCUT2D eigenvalue weighted by Gasteiger charge is 2.54. The Bertz CT molecular complexity index is 1750. The zero-order chi connectivity index (χ0) is 50.5. The van der Waals surface area contributed by atoms with Crippen LogP contribution in [-0.2, 0) is 46.6 Å². The van der Waals surface area contributed by atoms with Crippen molar-refractivity contribution in [2.45, 2.75) is 179 Å². The van der Waals surface area contributed by atoms with Gasteiger partial charge < -0.3 is 44.6 Å². The van der Waals surface area contributed by atoms with Crippen molar-refractivity contribution in [3.8, 4) is 0 Å². The maximum Gasteiger partial charge on any atom is 0.472 e. The van der Waals surface area contributed by atoms with Gasteiger partial charge in [0.2, 0.25) is 0 Å². The first-order chi connectivity index (χ1) is 32.5. The molecule has 386 valence electrons. The molecule has 0 radical (unpaired) electrons. The fourth-order valence-electron chi connectivity index (χ4n) is 6.38. The molecule has 0 spiro atoms. The van der Waals surface area contributed by atoms with E-state index in [0.717, 1.165) is 32.1 Å². The summed E-state index contributed by atoms with van der Waals surface area (Å²) in [6, 6.07) is 0. The van der Waals surface area contributed by atoms with Crippen LogP contribution in [0.3, 0.4) is 0 Å². The minimum Gasteiger partial charge on any atom is -0.462 e. The monoisotopic (exact) mass is 1000 g/mol. The number of carbonyl (C=O) groups excluding carboxylic acids is 3. The highest BCUT2D eigenvalue weighted by Crippen LogP contribution is 2.49. The average molecular weight is 1000 g/mol. The molecule has 1 aliphatic rings. The summed E-state index contributed by atoms with van der Waals surface area (Å²) in [6.45, 7) is 2.78. The molecule has 0 aromatic carbocycles. The molecule has 1 saturated carbocycles. The van der Waals surface area contributed by atoms with Crippen LogP contribution in [0.4, 0.5) is 0 Å². The lowest BCUT2D eigenvalue weighted by Crippen LogP contribution is -2.64. The van der Waals surface area contributed by atoms with Crippen molar-refractivity contribution in [3.63, 3.8) is 0 Å². The van der Waals surface area contributed by atoms with E-state index in [-0.39, 0.29) is 31.5 Å². The van der Waals surface area contributed by atoms with Crippen LogP contribution in [0.5, 0.6) is 0 Å². The predicted octanol–water partition coefficient (Wildman–Crippen LogP) is 8.35. The van der Waals surface area contributed by atoms with Gasteiger partial charge in [-0.2, -0.15) is 0 Å². The van der Waals surface area contributed by atoms with Crippen molar-refractivity contribution in [2.24, 2.45) is 0 Å². The van der Waals surface area contributed by atoms with Crippen molar-refractivity contribution in [1.29, 1.82) is 0 Å². The Labute approximate surface area is 402 Å². The van der Waals surface area contributed by atoms with E-state index < -0.39 is 83.5 Å². The highest BCUT2D eigenvalue weighted by atomic mass is 31.2. The minimum absolute atomic E-state index is 0.0422. The number of aliphatic hydroxyl groups excluding tert-OH is 4. The topological polar surface area (TPSA) is 273 Å². The summed E-state index contributed by atoms with van der Waals surface area (Å²) in [7, 11) is -10.8. The Hall–Kier alpha value is -3.41. The van der Waals surface area contributed by atoms with Crippen molar-refractivity contribution in [3.05, 3.63) is 97.2 Å². The van der Waals surface area contributed by atoms with Gasteiger partial charge in [-0.15, -0.1) is 0 Å². The van der Waals surface area contributed by atoms with Crippen molar-refractivity contribution in [1.82, 2.24) is 0 Å². The summed E-state index contributed by atoms with van der Waals surface area (Å²) in [6.07, 6.45) is 30.9. The van der Waals surface area contributed by atoms with Gasteiger partial charge in [-0.05, 0) is 83.1 Å². The summed E-state index contributed by atoms with van der Waals surface area (Å²) in [5.74, 6) is -1.75. The number of ether oxygens (including phenoxy) is 2. The number of aliphatic hydroxyl groups is 4. The van der Waals surface area contributed by atoms with Gasteiger partial charge in [-0.25, -0.2) is 9.13 Å². The van der Waals surface area contributed by atoms with Crippen molar-refractivity contribution < 1.29 is 81.7 Å². The summed E-state index contributed by atoms with van der Waals surface area (Å²) in [4.78, 5) is 66.5. The number of esters is 2. The number of phosphoric ester groups is 2. The van der Waals surface area contributed by atoms with Crippen molar-refractivity contribution in [2.75, 3.05) is 13.2 Å². The van der Waals surface area contributed by atoms with Gasteiger partial charge in [-0.3, -0.25) is 28.0 Å². The van der Waals surface area contributed by atoms with E-state index in [9.17, 15) is 58.6 Å². The molecule has 0 amide bonds. The molecule has 19 heteroatoms. The molecule has 0 aromatic rings. The zero-order valence-electron chi connectivity index (χ0n) is 39.7. The molecule has 17 nitrogen and oxygen atoms in total. The zero-order valence-corrected chi connectivity index (χ0v) is 41.5. The summed E-state index contributed by atoms with van der Waals surface area (Å²) < 4.78 is 49.1. The Morgan fingerprint density at radius 1 is 0.515 bits per heavy atom. The lowest BCUT2D eigenvalue weighted by Gasteiger charge is -2.43. The Kier molecular flexibility index (Phi) is 35.3. The number of hydrogen-bond donors (Lipinski definition) is 7. The summed E-state index contributed by atoms with van der Waals surface area (Å²) in [5, 5.41) is 41.2. The molecule has 0 saturated heterocycles. The van der Waals surface area contributed by atoms with E-state index in [1.54, 1.807) is 12.2 Å². The molecule has 68 heavy (non-hydrogen) atoms. The maximum atomic E-state index is 13.0. The third kappa shape index (κ3) is 32.4. The molecule has 0 aliphatic heterocycles. The molecule has 1 fully saturated rings. The van der Waals surface area contributed by atoms with Crippen LogP contribution in [0.2, 0.25) is 0 Å². The quantitative estimate of drug-likeness (QED) is 0.00764. The molecule has 5 unspecified atom stereocenters. The first-order valence-corrected chi connectivity index (χ1v) is 26.8. The van der Waals surface area contributed by atoms with Gasteiger partial charge in [0.15, 0.2) is 11.9 Å². The van der Waals surface area contributed by atoms with Gasteiger partial charge in [0.25, 0.3) is 0 Å². The second kappa shape index (κ2) is 38.4. The number of hydrogen-bond acceptors (Lipinski definition) is 14. The molecular weight excluding hydrogens is 922 g/mol. The van der Waals surface area contributed by atoms with Crippen LogP contribution in [0, 0.1) is 0 Å². The lowest BCUT2D eigenvalue weighted by atomic mass is 9.85. The normalized spacial score (nSPS) is 22.0. The Morgan fingerprint density at radius 3 is 1.50 bits per heavy atom. The molecule has 8 atom stereocenters. The lowest BCUT2D eigenvalue weighted by molar-refractivity contribution is -0.216. The molecule has 0 bridgehead atoms. The number of unbranched alkanes of at least 4 members (excludes halogenated alkanes) is 7. The third-order valence-electron chi connectivity index (χ3n) is 10.1. The largest absolute Gasteiger partial charge is 0.472 e. The number of allylic oxidation sites excluding steroid dienone is 16. The SMILES string of the molecule is CCCCC/C=C\C/C=C\C/C=C\C=C\C(=O)CCCC(=O)OC[C@H](COP(=O)(O)O[C@H]1C(O)C(O)C(O)[C@@H](OP(=O)(O)O)C1O)OC(=O)CCC/C=C\C/C=C\C/C=C\C/C=C\CCCCC. The number of phosphoric acid groups is 2. The van der Waals surface area contributed by atoms with Gasteiger partial charge in [0.05, 0.1) is 6.61 Å². The fraction of sp³-hybridized carbons (Fsp3) is 0.612. The van der Waals surface area contributed by atoms with Crippen LogP contribution < -0.4 is 0 Å². The fourth-order valence-corrected chi connectivity index (χ4v) is 7.92. The second-order valence-electron chi connectivity index (χ2n) is 16.2. The van der Waals surface area contributed by atoms with Gasteiger partial charge in [0.1, 0.15) is 43.2 Å². The average Bonchev–Trinajstić information content (AvgIpc) is 3.29. The minimum atomic E-state index is -5.40. The number of carbonyl (C=O) groups is 3. The molecule has 0 heterocycles. The number of rotatable bonds is 38. The smallest absolute Gasteiger partial charge is 0.462 e. The molecular formula is C49H78O17P2. The van der Waals surface area contributed by atoms with Crippen LogP contribution in [-0.4, -0.2) is 109 Å². The van der Waals surface area contributed by atoms with Crippen LogP contribution >= 0.6 is 15.6 Å². The molecule has 7 N–H and O–H groups in total. The number of ketones is 1. The molecule has 0 aromatic heterocycles. The Balaban J connectivity index is 2.73. The molecule has 1 rings (SSSR count). The standard InChI is InChI=1S/C49H78O17P2/c1-3-5-7-9-11-13-15-17-18-19-20-22-24-26-28-30-32-36-43(52)64-41(39-63-68(60,61)66-49-46(55)44(53)45(54)48(47(49)56)65-67(57,58)59)38-62-42(51)37-33-35-40(50)34-31-29-27-25-23-21-16-14-12-10-8-6-4-2/h11-14,17-18,20-23,26-29,31,34,41,44-49,53-56H,3-10,15-16,19,24-25,30,32-33,35-39H2,1-2H3,(H,60,61)(H2,57,58,59)/b13-11-,14-12-,18-17-,22-20-,23-21-,28-26-,29-27-,34-31+/t41-,44?,45?,46?,47?,48-,49+/m1/s1. The predicted molar refractivity (Wildman–Crippen MR) is 260 cm³/mol. The van der Waals surface area contributed by atoms with E-state index in [4.69, 9.17) is 18.5 Å². The van der Waals surface area contributed by atoms with E-state index in [1.165, 1.54) is 44.6 Å². The highest BCUT2D eigenvalue weighted by molar-refractivity contribution is 7.47. The molecule has 1 aliphatic carbocycles. The van der Waals surface area contributed by atoms with Crippen molar-refractivity contribution >= 4 is 33.4 Å². The van der Waals surface area contributed by atoms with E-state index in [0.29, 0.717) is 25.7 Å². The first-order valence-electron chi connectivity index (χ1n) is 23.7. The second-order valence-corrected chi connectivity index (χ2v) is 18.7. The van der Waals surface area contributed by atoms with Crippen LogP contribution in [0.15, 0.2) is 97.2 Å². The summed E-state index contributed by atoms with van der Waals surface area (Å²) >= 11 is 0. The summed E-state index contributed by atoms with van der Waals surface area (Å²) in [5.41, 5.74) is 0. The maximum absolute atomic E-state index is 13.0. The van der Waals surface area contributed by atoms with Gasteiger partial charge >= 0.3 is 27.6 Å². The van der Waals surface area contributed by atoms with E-state index in [1.807, 2.05) is 30.4 Å².